The number of benzene rings is 11. The van der Waals surface area contributed by atoms with E-state index >= 15 is 26.3 Å². The molecule has 0 N–H and O–H groups in total. The molecule has 0 saturated heterocycles. The van der Waals surface area contributed by atoms with Gasteiger partial charge in [-0.3, -0.25) is 0 Å². The third-order valence-electron chi connectivity index (χ3n) is 15.8. The zero-order valence-corrected chi connectivity index (χ0v) is 42.0. The topological polar surface area (TPSA) is 24.1 Å². The molecule has 11 heteroatoms. The predicted octanol–water partition coefficient (Wildman–Crippen LogP) is 20.0. The van der Waals surface area contributed by atoms with Crippen LogP contribution in [0.25, 0.3) is 137 Å². The third kappa shape index (κ3) is 6.85. The van der Waals surface area contributed by atoms with Gasteiger partial charge in [-0.1, -0.05) is 146 Å². The van der Waals surface area contributed by atoms with Crippen LogP contribution in [0.5, 0.6) is 0 Å². The standard InChI is InChI=1S/C69H39F6N5/c1-76-53-27-17-33-59(80-57-31-15-11-25-52(57)64-61(80)37-35-50-48-23-9-13-29-55(48)78(67(50)64)45-20-6-3-7-21-45)65(53)62-46(41-38-42(68(70,71)72)40-43(39-41)69(73,74)75)26-16-32-58(62)79-56-30-14-10-24-51(56)63-60(79)36-34-49-47-22-8-12-28-54(47)77(66(49)63)44-18-4-2-5-19-44/h2-40H. The normalized spacial score (nSPS) is 12.4. The molecule has 0 amide bonds. The minimum Gasteiger partial charge on any atom is -0.310 e. The Kier molecular flexibility index (Phi) is 10.2. The van der Waals surface area contributed by atoms with Crippen molar-refractivity contribution >= 4 is 92.9 Å². The summed E-state index contributed by atoms with van der Waals surface area (Å²) >= 11 is 0. The van der Waals surface area contributed by atoms with Crippen molar-refractivity contribution in [1.82, 2.24) is 18.3 Å². The molecular weight excluding hydrogens is 1010 g/mol. The van der Waals surface area contributed by atoms with Gasteiger partial charge in [0.1, 0.15) is 0 Å². The van der Waals surface area contributed by atoms with E-state index in [1.807, 2.05) is 126 Å². The minimum atomic E-state index is -5.14. The molecule has 0 radical (unpaired) electrons. The van der Waals surface area contributed by atoms with Crippen molar-refractivity contribution in [2.24, 2.45) is 0 Å². The molecule has 382 valence electrons. The van der Waals surface area contributed by atoms with Crippen LogP contribution in [-0.2, 0) is 12.4 Å². The highest BCUT2D eigenvalue weighted by atomic mass is 19.4. The molecule has 4 aromatic heterocycles. The number of hydrogen-bond donors (Lipinski definition) is 0. The van der Waals surface area contributed by atoms with Gasteiger partial charge in [-0.15, -0.1) is 0 Å². The highest BCUT2D eigenvalue weighted by Gasteiger charge is 2.38. The smallest absolute Gasteiger partial charge is 0.310 e. The number of hydrogen-bond acceptors (Lipinski definition) is 0. The molecule has 15 aromatic rings. The zero-order chi connectivity index (χ0) is 54.2. The van der Waals surface area contributed by atoms with E-state index in [0.29, 0.717) is 16.9 Å². The second-order valence-corrected chi connectivity index (χ2v) is 20.1. The van der Waals surface area contributed by atoms with Crippen LogP contribution in [0.3, 0.4) is 0 Å². The highest BCUT2D eigenvalue weighted by molar-refractivity contribution is 6.28. The summed E-state index contributed by atoms with van der Waals surface area (Å²) in [4.78, 5) is 4.18. The largest absolute Gasteiger partial charge is 0.416 e. The molecule has 0 atom stereocenters. The fourth-order valence-corrected chi connectivity index (χ4v) is 12.6. The van der Waals surface area contributed by atoms with Gasteiger partial charge in [0.15, 0.2) is 5.69 Å². The quantitative estimate of drug-likeness (QED) is 0.117. The molecule has 0 aliphatic heterocycles. The van der Waals surface area contributed by atoms with Crippen molar-refractivity contribution in [2.75, 3.05) is 0 Å². The Morgan fingerprint density at radius 3 is 1.18 bits per heavy atom. The summed E-state index contributed by atoms with van der Waals surface area (Å²) in [7, 11) is 0. The van der Waals surface area contributed by atoms with Gasteiger partial charge in [-0.25, -0.2) is 4.85 Å². The summed E-state index contributed by atoms with van der Waals surface area (Å²) in [5.74, 6) is 0. The SMILES string of the molecule is [C-]#[N+]c1cccc(-n2c3ccccc3c3c2ccc2c4ccccc4n(-c4ccccc4)c23)c1-c1c(-c2cc(C(F)(F)F)cc(C(F)(F)F)c2)cccc1-n1c2ccccc2c2c1ccc1c3ccccc3n(-c3ccccc3)c12. The van der Waals surface area contributed by atoms with Gasteiger partial charge >= 0.3 is 12.4 Å². The summed E-state index contributed by atoms with van der Waals surface area (Å²) < 4.78 is 98.9. The third-order valence-corrected chi connectivity index (χ3v) is 15.8. The van der Waals surface area contributed by atoms with E-state index < -0.39 is 23.5 Å². The van der Waals surface area contributed by atoms with E-state index in [1.54, 1.807) is 24.3 Å². The molecule has 0 saturated carbocycles. The summed E-state index contributed by atoms with van der Waals surface area (Å²) in [5.41, 5.74) is 7.21. The van der Waals surface area contributed by atoms with E-state index in [1.165, 1.54) is 0 Å². The zero-order valence-electron chi connectivity index (χ0n) is 42.0. The number of aromatic nitrogens is 4. The monoisotopic (exact) mass is 1050 g/mol. The van der Waals surface area contributed by atoms with Crippen LogP contribution in [0.4, 0.5) is 32.0 Å². The van der Waals surface area contributed by atoms with E-state index in [9.17, 15) is 0 Å². The highest BCUT2D eigenvalue weighted by Crippen LogP contribution is 2.52. The van der Waals surface area contributed by atoms with Gasteiger partial charge in [0.05, 0.1) is 67.5 Å². The molecule has 0 aliphatic carbocycles. The Labute approximate surface area is 452 Å². The maximum atomic E-state index is 15.0. The molecule has 0 unspecified atom stereocenters. The Morgan fingerprint density at radius 1 is 0.325 bits per heavy atom. The molecule has 4 heterocycles. The fraction of sp³-hybridized carbons (Fsp3) is 0.0290. The molecule has 5 nitrogen and oxygen atoms in total. The Hall–Kier alpha value is -10.3. The van der Waals surface area contributed by atoms with E-state index in [-0.39, 0.29) is 28.4 Å². The van der Waals surface area contributed by atoms with Crippen molar-refractivity contribution in [3.8, 4) is 45.0 Å². The predicted molar refractivity (Wildman–Crippen MR) is 311 cm³/mol. The number of para-hydroxylation sites is 6. The second kappa shape index (κ2) is 17.3. The molecule has 0 fully saturated rings. The van der Waals surface area contributed by atoms with E-state index in [4.69, 9.17) is 6.57 Å². The van der Waals surface area contributed by atoms with Crippen molar-refractivity contribution in [1.29, 1.82) is 0 Å². The van der Waals surface area contributed by atoms with Gasteiger partial charge in [0, 0.05) is 71.3 Å². The van der Waals surface area contributed by atoms with E-state index in [2.05, 4.69) is 91.3 Å². The first-order chi connectivity index (χ1) is 39.0. The van der Waals surface area contributed by atoms with Gasteiger partial charge in [-0.2, -0.15) is 26.3 Å². The van der Waals surface area contributed by atoms with Gasteiger partial charge in [-0.05, 0) is 102 Å². The molecule has 11 aromatic carbocycles. The average Bonchev–Trinajstić information content (AvgIpc) is 4.42. The van der Waals surface area contributed by atoms with Crippen LogP contribution in [0, 0.1) is 6.57 Å². The number of alkyl halides is 6. The molecular formula is C69H39F6N5. The van der Waals surface area contributed by atoms with Crippen LogP contribution in [0.2, 0.25) is 0 Å². The van der Waals surface area contributed by atoms with Gasteiger partial charge in [0.25, 0.3) is 0 Å². The van der Waals surface area contributed by atoms with Crippen molar-refractivity contribution in [3.63, 3.8) is 0 Å². The van der Waals surface area contributed by atoms with Crippen LogP contribution in [0.15, 0.2) is 237 Å². The summed E-state index contributed by atoms with van der Waals surface area (Å²) in [6.45, 7) is 8.94. The first kappa shape index (κ1) is 46.9. The number of rotatable bonds is 6. The number of fused-ring (bicyclic) bond motifs is 14. The van der Waals surface area contributed by atoms with Crippen molar-refractivity contribution in [3.05, 3.63) is 259 Å². The second-order valence-electron chi connectivity index (χ2n) is 20.1. The Morgan fingerprint density at radius 2 is 0.725 bits per heavy atom. The van der Waals surface area contributed by atoms with Crippen LogP contribution < -0.4 is 0 Å². The summed E-state index contributed by atoms with van der Waals surface area (Å²) in [6, 6.07) is 72.9. The van der Waals surface area contributed by atoms with Crippen LogP contribution in [-0.4, -0.2) is 18.3 Å². The average molecular weight is 1050 g/mol. The fourth-order valence-electron chi connectivity index (χ4n) is 12.6. The molecule has 0 spiro atoms. The van der Waals surface area contributed by atoms with Gasteiger partial charge in [0.2, 0.25) is 0 Å². The summed E-state index contributed by atoms with van der Waals surface area (Å²) in [6.07, 6.45) is -10.3. The molecule has 0 aliphatic rings. The summed E-state index contributed by atoms with van der Waals surface area (Å²) in [5, 5.41) is 7.64. The maximum Gasteiger partial charge on any atom is 0.416 e. The minimum absolute atomic E-state index is 0.0641. The Balaban J connectivity index is 1.12. The lowest BCUT2D eigenvalue weighted by Gasteiger charge is -2.23. The first-order valence-electron chi connectivity index (χ1n) is 25.9. The lowest BCUT2D eigenvalue weighted by atomic mass is 9.89. The van der Waals surface area contributed by atoms with Crippen molar-refractivity contribution < 1.29 is 26.3 Å². The molecule has 80 heavy (non-hydrogen) atoms. The lowest BCUT2D eigenvalue weighted by Crippen LogP contribution is -2.11. The first-order valence-corrected chi connectivity index (χ1v) is 25.9. The van der Waals surface area contributed by atoms with Crippen LogP contribution in [0.1, 0.15) is 11.1 Å². The van der Waals surface area contributed by atoms with Crippen molar-refractivity contribution in [2.45, 2.75) is 12.4 Å². The maximum absolute atomic E-state index is 15.0. The van der Waals surface area contributed by atoms with E-state index in [0.717, 1.165) is 111 Å². The lowest BCUT2D eigenvalue weighted by molar-refractivity contribution is -0.143. The number of halogens is 6. The Bertz CT molecular complexity index is 5070. The number of nitrogens with zero attached hydrogens (tertiary/aromatic N) is 5. The molecule has 0 bridgehead atoms. The van der Waals surface area contributed by atoms with Gasteiger partial charge < -0.3 is 18.3 Å². The van der Waals surface area contributed by atoms with Crippen LogP contribution >= 0.6 is 0 Å². The molecule has 15 rings (SSSR count).